The van der Waals surface area contributed by atoms with Crippen LogP contribution in [0, 0.1) is 17.8 Å². The lowest BCUT2D eigenvalue weighted by molar-refractivity contribution is -0.244. The van der Waals surface area contributed by atoms with Crippen molar-refractivity contribution in [2.75, 3.05) is 13.7 Å². The van der Waals surface area contributed by atoms with E-state index in [4.69, 9.17) is 25.8 Å². The standard InChI is InChI=1S/C39H49ClF3N5O9S/c1-21-10-7-8-11-23-18-38(23,34(51)47-58(53,54)37(5)14-15-37)46-31(49)27-17-24(56-32-25-12-9-13-26(40)29(25)28(55-6)19-44-32)20-48(27)33(50)30(22(2)16-21)45-35(52)57-36(3,4)39(41,42)43/h8-9,11-13,19,21-24,27,30H,7,10,14-18,20H2,1-6H3,(H,45,52)(H,46,49)(H,47,51)/b11-8-/t21-,22-,23-,24-,27+,30+,38-/m1/s1. The van der Waals surface area contributed by atoms with Gasteiger partial charge in [-0.3, -0.25) is 19.1 Å². The molecule has 0 spiro atoms. The summed E-state index contributed by atoms with van der Waals surface area (Å²) >= 11 is 6.51. The molecule has 0 bridgehead atoms. The molecule has 2 saturated carbocycles. The number of nitrogens with one attached hydrogen (secondary N) is 3. The van der Waals surface area contributed by atoms with Crippen LogP contribution >= 0.6 is 11.6 Å². The molecule has 1 aromatic carbocycles. The van der Waals surface area contributed by atoms with E-state index in [1.54, 1.807) is 31.2 Å². The highest BCUT2D eigenvalue weighted by Crippen LogP contribution is 2.48. The minimum Gasteiger partial charge on any atom is -0.494 e. The zero-order valence-electron chi connectivity index (χ0n) is 33.1. The number of rotatable bonds is 8. The average molecular weight is 856 g/mol. The Labute approximate surface area is 340 Å². The van der Waals surface area contributed by atoms with E-state index in [9.17, 15) is 40.8 Å². The van der Waals surface area contributed by atoms with Gasteiger partial charge in [-0.05, 0) is 83.3 Å². The molecule has 4 aliphatic rings. The molecule has 1 saturated heterocycles. The predicted molar refractivity (Wildman–Crippen MR) is 206 cm³/mol. The number of aromatic nitrogens is 1. The minimum absolute atomic E-state index is 0.0485. The number of carbonyl (C=O) groups excluding carboxylic acids is 4. The molecule has 0 unspecified atom stereocenters. The average Bonchev–Trinajstić information content (AvgIpc) is 4.01. The lowest BCUT2D eigenvalue weighted by Gasteiger charge is -2.34. The normalized spacial score (nSPS) is 29.4. The van der Waals surface area contributed by atoms with Crippen molar-refractivity contribution in [3.8, 4) is 11.6 Å². The van der Waals surface area contributed by atoms with Crippen LogP contribution in [0.15, 0.2) is 36.5 Å². The molecular formula is C39H49ClF3N5O9S. The summed E-state index contributed by atoms with van der Waals surface area (Å²) in [5.74, 6) is -3.29. The zero-order chi connectivity index (χ0) is 42.6. The molecule has 19 heteroatoms. The monoisotopic (exact) mass is 855 g/mol. The number of fused-ring (bicyclic) bond motifs is 3. The van der Waals surface area contributed by atoms with Gasteiger partial charge in [0.05, 0.1) is 29.6 Å². The highest BCUT2D eigenvalue weighted by Gasteiger charge is 2.63. The largest absolute Gasteiger partial charge is 0.494 e. The van der Waals surface area contributed by atoms with E-state index in [0.29, 0.717) is 67.5 Å². The van der Waals surface area contributed by atoms with Crippen LogP contribution in [-0.4, -0.2) is 96.0 Å². The van der Waals surface area contributed by atoms with Crippen LogP contribution in [0.5, 0.6) is 11.6 Å². The molecule has 14 nitrogen and oxygen atoms in total. The molecule has 3 N–H and O–H groups in total. The van der Waals surface area contributed by atoms with Gasteiger partial charge < -0.3 is 29.7 Å². The lowest BCUT2D eigenvalue weighted by atomic mass is 9.88. The summed E-state index contributed by atoms with van der Waals surface area (Å²) in [5, 5.41) is 6.47. The summed E-state index contributed by atoms with van der Waals surface area (Å²) in [5.41, 5.74) is -4.55. The van der Waals surface area contributed by atoms with Crippen molar-refractivity contribution in [2.45, 2.75) is 120 Å². The van der Waals surface area contributed by atoms with Gasteiger partial charge in [-0.25, -0.2) is 18.2 Å². The van der Waals surface area contributed by atoms with E-state index in [1.165, 1.54) is 25.1 Å². The molecule has 0 radical (unpaired) electrons. The summed E-state index contributed by atoms with van der Waals surface area (Å²) in [6.45, 7) is 6.26. The quantitative estimate of drug-likeness (QED) is 0.284. The first-order valence-electron chi connectivity index (χ1n) is 19.2. The molecule has 318 valence electrons. The second-order valence-corrected chi connectivity index (χ2v) is 19.4. The fourth-order valence-electron chi connectivity index (χ4n) is 7.65. The van der Waals surface area contributed by atoms with Gasteiger partial charge in [-0.15, -0.1) is 0 Å². The van der Waals surface area contributed by atoms with E-state index >= 15 is 0 Å². The number of ether oxygens (including phenoxy) is 3. The van der Waals surface area contributed by atoms with E-state index in [2.05, 4.69) is 20.3 Å². The number of methoxy groups -OCH3 is 1. The minimum atomic E-state index is -4.92. The first-order valence-corrected chi connectivity index (χ1v) is 21.1. The Morgan fingerprint density at radius 1 is 1.12 bits per heavy atom. The van der Waals surface area contributed by atoms with Crippen LogP contribution in [-0.2, 0) is 29.1 Å². The van der Waals surface area contributed by atoms with Crippen LogP contribution < -0.4 is 24.8 Å². The Bertz CT molecular complexity index is 2110. The number of benzene rings is 1. The van der Waals surface area contributed by atoms with Gasteiger partial charge >= 0.3 is 12.3 Å². The number of hydrogen-bond donors (Lipinski definition) is 3. The molecule has 58 heavy (non-hydrogen) atoms. The smallest absolute Gasteiger partial charge is 0.427 e. The first-order chi connectivity index (χ1) is 27.0. The molecule has 2 aromatic rings. The van der Waals surface area contributed by atoms with Crippen LogP contribution in [0.1, 0.15) is 79.6 Å². The molecule has 1 aromatic heterocycles. The summed E-state index contributed by atoms with van der Waals surface area (Å²) < 4.78 is 85.3. The van der Waals surface area contributed by atoms with Crippen molar-refractivity contribution in [3.05, 3.63) is 41.6 Å². The number of carbonyl (C=O) groups is 4. The third-order valence-corrected chi connectivity index (χ3v) is 14.3. The van der Waals surface area contributed by atoms with E-state index in [-0.39, 0.29) is 31.2 Å². The van der Waals surface area contributed by atoms with Crippen LogP contribution in [0.25, 0.3) is 10.8 Å². The van der Waals surface area contributed by atoms with Crippen molar-refractivity contribution in [2.24, 2.45) is 17.8 Å². The van der Waals surface area contributed by atoms with Crippen molar-refractivity contribution in [1.82, 2.24) is 25.2 Å². The fourth-order valence-corrected chi connectivity index (χ4v) is 9.23. The van der Waals surface area contributed by atoms with Gasteiger partial charge in [0.25, 0.3) is 5.91 Å². The number of amides is 4. The zero-order valence-corrected chi connectivity index (χ0v) is 34.6. The van der Waals surface area contributed by atoms with Gasteiger partial charge in [0.1, 0.15) is 29.5 Å². The van der Waals surface area contributed by atoms with E-state index in [0.717, 1.165) is 0 Å². The molecule has 2 aliphatic carbocycles. The van der Waals surface area contributed by atoms with Gasteiger partial charge in [0, 0.05) is 23.1 Å². The van der Waals surface area contributed by atoms with E-state index in [1.807, 2.05) is 13.0 Å². The number of halogens is 4. The molecule has 6 rings (SSSR count). The summed E-state index contributed by atoms with van der Waals surface area (Å²) in [7, 11) is -2.64. The van der Waals surface area contributed by atoms with Gasteiger partial charge in [-0.1, -0.05) is 43.7 Å². The van der Waals surface area contributed by atoms with Gasteiger partial charge in [-0.2, -0.15) is 13.2 Å². The molecule has 2 aliphatic heterocycles. The second-order valence-electron chi connectivity index (χ2n) is 16.8. The molecule has 4 amide bonds. The maximum Gasteiger partial charge on any atom is 0.427 e. The summed E-state index contributed by atoms with van der Waals surface area (Å²) in [6, 6.07) is 2.24. The Kier molecular flexibility index (Phi) is 11.7. The Morgan fingerprint density at radius 3 is 2.48 bits per heavy atom. The maximum atomic E-state index is 14.8. The van der Waals surface area contributed by atoms with Crippen LogP contribution in [0.2, 0.25) is 5.02 Å². The molecular weight excluding hydrogens is 807 g/mol. The summed E-state index contributed by atoms with van der Waals surface area (Å²) in [6.07, 6.45) is -0.103. The van der Waals surface area contributed by atoms with Crippen molar-refractivity contribution in [3.63, 3.8) is 0 Å². The topological polar surface area (TPSA) is 182 Å². The second kappa shape index (κ2) is 15.7. The number of hydrogen-bond acceptors (Lipinski definition) is 10. The first kappa shape index (κ1) is 43.3. The number of alkyl carbamates (subject to hydrolysis) is 1. The highest BCUT2D eigenvalue weighted by atomic mass is 35.5. The predicted octanol–water partition coefficient (Wildman–Crippen LogP) is 5.57. The molecule has 3 fully saturated rings. The third-order valence-electron chi connectivity index (χ3n) is 11.8. The number of allylic oxidation sites excluding steroid dienone is 1. The maximum absolute atomic E-state index is 14.8. The number of sulfonamides is 1. The third kappa shape index (κ3) is 8.54. The highest BCUT2D eigenvalue weighted by molar-refractivity contribution is 7.91. The number of pyridine rings is 1. The Hall–Kier alpha value is -4.32. The molecule has 3 heterocycles. The fraction of sp³-hybridized carbons (Fsp3) is 0.615. The molecule has 7 atom stereocenters. The number of nitrogens with zero attached hydrogens (tertiary/aromatic N) is 2. The van der Waals surface area contributed by atoms with Gasteiger partial charge in [0.15, 0.2) is 0 Å². The van der Waals surface area contributed by atoms with Crippen molar-refractivity contribution < 1.29 is 55.0 Å². The Balaban J connectivity index is 1.36. The van der Waals surface area contributed by atoms with E-state index < -0.39 is 85.9 Å². The van der Waals surface area contributed by atoms with Crippen LogP contribution in [0.4, 0.5) is 18.0 Å². The van der Waals surface area contributed by atoms with Crippen molar-refractivity contribution in [1.29, 1.82) is 0 Å². The Morgan fingerprint density at radius 2 is 1.83 bits per heavy atom. The van der Waals surface area contributed by atoms with Gasteiger partial charge in [0.2, 0.25) is 33.3 Å². The van der Waals surface area contributed by atoms with Crippen molar-refractivity contribution >= 4 is 56.2 Å². The summed E-state index contributed by atoms with van der Waals surface area (Å²) in [4.78, 5) is 61.9. The number of alkyl halides is 3. The van der Waals surface area contributed by atoms with Crippen LogP contribution in [0.3, 0.4) is 0 Å². The SMILES string of the molecule is COc1cnc(O[C@@H]2C[C@H]3C(=O)N[C@]4(C(=O)NS(=O)(=O)C5(C)CC5)C[C@H]4/C=C\CC[C@@H](C)C[C@@H](C)[C@H](NC(=O)OC(C)(C)C(F)(F)F)C(=O)N3C2)c2cccc(Cl)c12. The lowest BCUT2D eigenvalue weighted by Crippen LogP contribution is -2.59.